The van der Waals surface area contributed by atoms with Gasteiger partial charge in [-0.3, -0.25) is 0 Å². The standard InChI is InChI=1S/C9H16N2O/c1-6(2)5-8-7(3)11-9(10-4)12-8/h6H,5H2,1-4H3,(H,10,11). The number of hydrogen-bond donors (Lipinski definition) is 1. The van der Waals surface area contributed by atoms with Crippen LogP contribution < -0.4 is 5.32 Å². The molecule has 0 atom stereocenters. The lowest BCUT2D eigenvalue weighted by Crippen LogP contribution is -1.93. The van der Waals surface area contributed by atoms with E-state index in [0.29, 0.717) is 11.9 Å². The van der Waals surface area contributed by atoms with Crippen LogP contribution in [0.2, 0.25) is 0 Å². The number of hydrogen-bond acceptors (Lipinski definition) is 3. The summed E-state index contributed by atoms with van der Waals surface area (Å²) in [5.41, 5.74) is 0.994. The van der Waals surface area contributed by atoms with Crippen molar-refractivity contribution in [1.29, 1.82) is 0 Å². The Balaban J connectivity index is 2.77. The van der Waals surface area contributed by atoms with Gasteiger partial charge in [-0.15, -0.1) is 0 Å². The van der Waals surface area contributed by atoms with Gasteiger partial charge in [0, 0.05) is 13.5 Å². The van der Waals surface area contributed by atoms with E-state index in [-0.39, 0.29) is 0 Å². The van der Waals surface area contributed by atoms with Gasteiger partial charge in [0.1, 0.15) is 5.76 Å². The molecule has 3 heteroatoms. The molecule has 1 heterocycles. The molecule has 68 valence electrons. The molecular formula is C9H16N2O. The molecule has 0 unspecified atom stereocenters. The summed E-state index contributed by atoms with van der Waals surface area (Å²) in [7, 11) is 1.81. The minimum Gasteiger partial charge on any atom is -0.428 e. The van der Waals surface area contributed by atoms with Crippen LogP contribution in [0.5, 0.6) is 0 Å². The second-order valence-electron chi connectivity index (χ2n) is 3.38. The number of oxazole rings is 1. The zero-order chi connectivity index (χ0) is 9.14. The average Bonchev–Trinajstić information content (AvgIpc) is 2.31. The molecule has 0 radical (unpaired) electrons. The zero-order valence-electron chi connectivity index (χ0n) is 8.14. The number of aryl methyl sites for hydroxylation is 1. The molecule has 1 N–H and O–H groups in total. The topological polar surface area (TPSA) is 38.1 Å². The monoisotopic (exact) mass is 168 g/mol. The highest BCUT2D eigenvalue weighted by atomic mass is 16.4. The minimum atomic E-state index is 0.612. The summed E-state index contributed by atoms with van der Waals surface area (Å²) in [6.07, 6.45) is 0.959. The number of aromatic nitrogens is 1. The molecule has 0 bridgehead atoms. The fraction of sp³-hybridized carbons (Fsp3) is 0.667. The first-order valence-corrected chi connectivity index (χ1v) is 4.27. The van der Waals surface area contributed by atoms with Crippen LogP contribution in [-0.4, -0.2) is 12.0 Å². The van der Waals surface area contributed by atoms with E-state index in [1.54, 1.807) is 0 Å². The molecule has 12 heavy (non-hydrogen) atoms. The fourth-order valence-electron chi connectivity index (χ4n) is 1.10. The second kappa shape index (κ2) is 3.61. The maximum absolute atomic E-state index is 5.45. The SMILES string of the molecule is CNc1nc(C)c(CC(C)C)o1. The molecule has 1 aromatic heterocycles. The predicted molar refractivity (Wildman–Crippen MR) is 49.3 cm³/mol. The summed E-state index contributed by atoms with van der Waals surface area (Å²) >= 11 is 0. The molecule has 0 amide bonds. The van der Waals surface area contributed by atoms with Crippen molar-refractivity contribution in [3.8, 4) is 0 Å². The summed E-state index contributed by atoms with van der Waals surface area (Å²) in [4.78, 5) is 4.20. The van der Waals surface area contributed by atoms with Crippen LogP contribution in [0.4, 0.5) is 6.01 Å². The van der Waals surface area contributed by atoms with Gasteiger partial charge in [-0.25, -0.2) is 0 Å². The van der Waals surface area contributed by atoms with Crippen LogP contribution in [0.15, 0.2) is 4.42 Å². The normalized spacial score (nSPS) is 10.8. The zero-order valence-corrected chi connectivity index (χ0v) is 8.14. The van der Waals surface area contributed by atoms with E-state index in [1.165, 1.54) is 0 Å². The van der Waals surface area contributed by atoms with Gasteiger partial charge in [-0.1, -0.05) is 13.8 Å². The van der Waals surface area contributed by atoms with E-state index in [9.17, 15) is 0 Å². The molecule has 0 aliphatic carbocycles. The van der Waals surface area contributed by atoms with Crippen molar-refractivity contribution >= 4 is 6.01 Å². The van der Waals surface area contributed by atoms with E-state index in [0.717, 1.165) is 17.9 Å². The fourth-order valence-corrected chi connectivity index (χ4v) is 1.10. The Labute approximate surface area is 73.2 Å². The van der Waals surface area contributed by atoms with Gasteiger partial charge in [-0.2, -0.15) is 4.98 Å². The highest BCUT2D eigenvalue weighted by Gasteiger charge is 2.09. The van der Waals surface area contributed by atoms with E-state index in [1.807, 2.05) is 14.0 Å². The highest BCUT2D eigenvalue weighted by Crippen LogP contribution is 2.17. The third kappa shape index (κ3) is 2.00. The molecule has 0 aromatic carbocycles. The third-order valence-electron chi connectivity index (χ3n) is 1.70. The maximum atomic E-state index is 5.45. The van der Waals surface area contributed by atoms with Crippen molar-refractivity contribution in [1.82, 2.24) is 4.98 Å². The molecule has 1 rings (SSSR count). The Morgan fingerprint density at radius 1 is 1.50 bits per heavy atom. The van der Waals surface area contributed by atoms with Gasteiger partial charge in [0.15, 0.2) is 0 Å². The molecule has 3 nitrogen and oxygen atoms in total. The van der Waals surface area contributed by atoms with Crippen LogP contribution in [-0.2, 0) is 6.42 Å². The maximum Gasteiger partial charge on any atom is 0.294 e. The Morgan fingerprint density at radius 2 is 2.17 bits per heavy atom. The van der Waals surface area contributed by atoms with E-state index in [4.69, 9.17) is 4.42 Å². The Kier molecular flexibility index (Phi) is 2.74. The lowest BCUT2D eigenvalue weighted by Gasteiger charge is -1.99. The molecule has 1 aromatic rings. The highest BCUT2D eigenvalue weighted by molar-refractivity contribution is 5.23. The summed E-state index contributed by atoms with van der Waals surface area (Å²) in [6, 6.07) is 0.614. The van der Waals surface area contributed by atoms with Gasteiger partial charge in [0.25, 0.3) is 6.01 Å². The van der Waals surface area contributed by atoms with Gasteiger partial charge in [0.2, 0.25) is 0 Å². The largest absolute Gasteiger partial charge is 0.428 e. The van der Waals surface area contributed by atoms with Crippen LogP contribution >= 0.6 is 0 Å². The van der Waals surface area contributed by atoms with Crippen LogP contribution in [0, 0.1) is 12.8 Å². The summed E-state index contributed by atoms with van der Waals surface area (Å²) in [6.45, 7) is 6.31. The second-order valence-corrected chi connectivity index (χ2v) is 3.38. The predicted octanol–water partition coefficient (Wildman–Crippen LogP) is 2.22. The first kappa shape index (κ1) is 9.10. The lowest BCUT2D eigenvalue weighted by molar-refractivity contribution is 0.478. The first-order chi connectivity index (χ1) is 5.63. The number of nitrogens with zero attached hydrogens (tertiary/aromatic N) is 1. The van der Waals surface area contributed by atoms with Crippen molar-refractivity contribution in [3.05, 3.63) is 11.5 Å². The Morgan fingerprint density at radius 3 is 2.58 bits per heavy atom. The van der Waals surface area contributed by atoms with Gasteiger partial charge in [0.05, 0.1) is 5.69 Å². The molecule has 0 aliphatic heterocycles. The molecule has 0 saturated carbocycles. The minimum absolute atomic E-state index is 0.612. The Hall–Kier alpha value is -0.990. The van der Waals surface area contributed by atoms with Crippen molar-refractivity contribution in [2.24, 2.45) is 5.92 Å². The van der Waals surface area contributed by atoms with E-state index < -0.39 is 0 Å². The van der Waals surface area contributed by atoms with Gasteiger partial charge in [-0.05, 0) is 12.8 Å². The molecular weight excluding hydrogens is 152 g/mol. The first-order valence-electron chi connectivity index (χ1n) is 4.27. The van der Waals surface area contributed by atoms with Crippen molar-refractivity contribution < 1.29 is 4.42 Å². The van der Waals surface area contributed by atoms with Crippen molar-refractivity contribution in [2.75, 3.05) is 12.4 Å². The molecule has 0 spiro atoms. The number of rotatable bonds is 3. The number of nitrogens with one attached hydrogen (secondary N) is 1. The van der Waals surface area contributed by atoms with Gasteiger partial charge >= 0.3 is 0 Å². The van der Waals surface area contributed by atoms with Crippen LogP contribution in [0.3, 0.4) is 0 Å². The van der Waals surface area contributed by atoms with Crippen LogP contribution in [0.1, 0.15) is 25.3 Å². The van der Waals surface area contributed by atoms with Crippen molar-refractivity contribution in [3.63, 3.8) is 0 Å². The molecule has 0 aliphatic rings. The quantitative estimate of drug-likeness (QED) is 0.752. The number of anilines is 1. The van der Waals surface area contributed by atoms with E-state index in [2.05, 4.69) is 24.1 Å². The lowest BCUT2D eigenvalue weighted by atomic mass is 10.1. The average molecular weight is 168 g/mol. The summed E-state index contributed by atoms with van der Waals surface area (Å²) < 4.78 is 5.45. The van der Waals surface area contributed by atoms with Crippen molar-refractivity contribution in [2.45, 2.75) is 27.2 Å². The smallest absolute Gasteiger partial charge is 0.294 e. The summed E-state index contributed by atoms with van der Waals surface area (Å²) in [5, 5.41) is 2.88. The molecule has 0 fully saturated rings. The molecule has 0 saturated heterocycles. The third-order valence-corrected chi connectivity index (χ3v) is 1.70. The Bertz CT molecular complexity index is 253. The summed E-state index contributed by atoms with van der Waals surface area (Å²) in [5.74, 6) is 1.61. The van der Waals surface area contributed by atoms with E-state index >= 15 is 0 Å². The van der Waals surface area contributed by atoms with Gasteiger partial charge < -0.3 is 9.73 Å². The van der Waals surface area contributed by atoms with Crippen LogP contribution in [0.25, 0.3) is 0 Å².